The number of nitrogens with zero attached hydrogens (tertiary/aromatic N) is 2. The number of nitro benzene ring substituents is 1. The summed E-state index contributed by atoms with van der Waals surface area (Å²) in [4.78, 5) is 26.3. The number of rotatable bonds is 5. The Labute approximate surface area is 169 Å². The minimum absolute atomic E-state index is 0.0218. The van der Waals surface area contributed by atoms with E-state index in [1.54, 1.807) is 13.0 Å². The third-order valence-electron chi connectivity index (χ3n) is 5.09. The molecule has 0 saturated carbocycles. The van der Waals surface area contributed by atoms with Crippen LogP contribution < -0.4 is 15.1 Å². The summed E-state index contributed by atoms with van der Waals surface area (Å²) in [5, 5.41) is 14.4. The number of aryl methyl sites for hydroxylation is 2. The average Bonchev–Trinajstić information content (AvgIpc) is 2.66. The number of quaternary nitrogens is 1. The second-order valence-electron chi connectivity index (χ2n) is 7.15. The summed E-state index contributed by atoms with van der Waals surface area (Å²) in [5.41, 5.74) is 3.66. The van der Waals surface area contributed by atoms with Crippen molar-refractivity contribution in [3.8, 4) is 0 Å². The molecule has 28 heavy (non-hydrogen) atoms. The Morgan fingerprint density at radius 1 is 1.18 bits per heavy atom. The van der Waals surface area contributed by atoms with Crippen LogP contribution in [0.25, 0.3) is 0 Å². The van der Waals surface area contributed by atoms with E-state index in [1.165, 1.54) is 22.6 Å². The van der Waals surface area contributed by atoms with Gasteiger partial charge in [0.25, 0.3) is 11.6 Å². The van der Waals surface area contributed by atoms with Crippen LogP contribution in [0.1, 0.15) is 11.1 Å². The molecular formula is C20H24ClN4O3+. The highest BCUT2D eigenvalue weighted by molar-refractivity contribution is 6.30. The molecule has 148 valence electrons. The third-order valence-corrected chi connectivity index (χ3v) is 5.32. The first-order valence-corrected chi connectivity index (χ1v) is 9.61. The van der Waals surface area contributed by atoms with Gasteiger partial charge in [-0.15, -0.1) is 0 Å². The van der Waals surface area contributed by atoms with Crippen LogP contribution in [-0.2, 0) is 4.79 Å². The fourth-order valence-electron chi connectivity index (χ4n) is 3.49. The molecule has 7 nitrogen and oxygen atoms in total. The minimum atomic E-state index is -0.441. The zero-order valence-corrected chi connectivity index (χ0v) is 16.8. The lowest BCUT2D eigenvalue weighted by atomic mass is 10.1. The van der Waals surface area contributed by atoms with E-state index < -0.39 is 4.92 Å². The molecule has 2 aromatic rings. The lowest BCUT2D eigenvalue weighted by molar-refractivity contribution is -0.892. The second kappa shape index (κ2) is 8.58. The predicted molar refractivity (Wildman–Crippen MR) is 110 cm³/mol. The van der Waals surface area contributed by atoms with E-state index in [0.717, 1.165) is 36.9 Å². The van der Waals surface area contributed by atoms with Gasteiger partial charge in [0.05, 0.1) is 31.1 Å². The smallest absolute Gasteiger partial charge is 0.279 e. The molecule has 1 aliphatic rings. The number of benzene rings is 2. The maximum atomic E-state index is 12.4. The van der Waals surface area contributed by atoms with E-state index in [0.29, 0.717) is 17.8 Å². The lowest BCUT2D eigenvalue weighted by Crippen LogP contribution is -3.15. The van der Waals surface area contributed by atoms with Crippen molar-refractivity contribution in [2.24, 2.45) is 0 Å². The largest absolute Gasteiger partial charge is 0.360 e. The van der Waals surface area contributed by atoms with Gasteiger partial charge in [-0.2, -0.15) is 0 Å². The zero-order chi connectivity index (χ0) is 20.3. The van der Waals surface area contributed by atoms with Gasteiger partial charge in [-0.05, 0) is 43.2 Å². The standard InChI is InChI=1S/C20H23ClN4O3/c1-14-3-4-16(21)12-19(14)24-9-7-23(8-10-24)13-20(26)22-18-6-5-17(25(27)28)11-15(18)2/h3-6,11-12H,7-10,13H2,1-2H3,(H,22,26)/p+1. The summed E-state index contributed by atoms with van der Waals surface area (Å²) >= 11 is 6.13. The van der Waals surface area contributed by atoms with Crippen LogP contribution in [0, 0.1) is 24.0 Å². The maximum absolute atomic E-state index is 12.4. The molecule has 1 aliphatic heterocycles. The van der Waals surface area contributed by atoms with Gasteiger partial charge in [-0.25, -0.2) is 0 Å². The molecule has 1 fully saturated rings. The van der Waals surface area contributed by atoms with Crippen molar-refractivity contribution >= 4 is 34.6 Å². The van der Waals surface area contributed by atoms with Gasteiger partial charge >= 0.3 is 0 Å². The summed E-state index contributed by atoms with van der Waals surface area (Å²) < 4.78 is 0. The predicted octanol–water partition coefficient (Wildman–Crippen LogP) is 2.21. The first kappa shape index (κ1) is 20.1. The molecule has 1 heterocycles. The number of nitro groups is 1. The molecule has 8 heteroatoms. The Hall–Kier alpha value is -2.64. The van der Waals surface area contributed by atoms with E-state index in [9.17, 15) is 14.9 Å². The van der Waals surface area contributed by atoms with E-state index >= 15 is 0 Å². The maximum Gasteiger partial charge on any atom is 0.279 e. The SMILES string of the molecule is Cc1cc([N+](=O)[O-])ccc1NC(=O)C[NH+]1CCN(c2cc(Cl)ccc2C)CC1. The molecule has 1 amide bonds. The van der Waals surface area contributed by atoms with Crippen LogP contribution in [0.4, 0.5) is 17.1 Å². The van der Waals surface area contributed by atoms with Crippen molar-refractivity contribution in [2.75, 3.05) is 42.9 Å². The van der Waals surface area contributed by atoms with Crippen molar-refractivity contribution in [2.45, 2.75) is 13.8 Å². The molecular weight excluding hydrogens is 380 g/mol. The first-order chi connectivity index (χ1) is 13.3. The molecule has 2 aromatic carbocycles. The van der Waals surface area contributed by atoms with Gasteiger partial charge in [0.2, 0.25) is 0 Å². The fraction of sp³-hybridized carbons (Fsp3) is 0.350. The zero-order valence-electron chi connectivity index (χ0n) is 16.0. The third kappa shape index (κ3) is 4.79. The van der Waals surface area contributed by atoms with Crippen LogP contribution in [0.3, 0.4) is 0 Å². The van der Waals surface area contributed by atoms with Crippen LogP contribution in [-0.4, -0.2) is 43.6 Å². The van der Waals surface area contributed by atoms with E-state index in [4.69, 9.17) is 11.6 Å². The number of halogens is 1. The van der Waals surface area contributed by atoms with Gasteiger partial charge in [-0.1, -0.05) is 17.7 Å². The van der Waals surface area contributed by atoms with E-state index in [1.807, 2.05) is 18.2 Å². The quantitative estimate of drug-likeness (QED) is 0.592. The first-order valence-electron chi connectivity index (χ1n) is 9.23. The molecule has 0 radical (unpaired) electrons. The molecule has 3 rings (SSSR count). The number of nitrogens with one attached hydrogen (secondary N) is 2. The van der Waals surface area contributed by atoms with Crippen LogP contribution in [0.2, 0.25) is 5.02 Å². The Bertz CT molecular complexity index is 895. The second-order valence-corrected chi connectivity index (χ2v) is 7.59. The Morgan fingerprint density at radius 3 is 2.54 bits per heavy atom. The van der Waals surface area contributed by atoms with Crippen molar-refractivity contribution in [1.82, 2.24) is 0 Å². The molecule has 2 N–H and O–H groups in total. The molecule has 0 aliphatic carbocycles. The molecule has 1 saturated heterocycles. The van der Waals surface area contributed by atoms with Crippen LogP contribution >= 0.6 is 11.6 Å². The van der Waals surface area contributed by atoms with E-state index in [-0.39, 0.29) is 11.6 Å². The lowest BCUT2D eigenvalue weighted by Gasteiger charge is -2.34. The van der Waals surface area contributed by atoms with Crippen molar-refractivity contribution < 1.29 is 14.6 Å². The highest BCUT2D eigenvalue weighted by Gasteiger charge is 2.23. The minimum Gasteiger partial charge on any atom is -0.360 e. The van der Waals surface area contributed by atoms with Crippen molar-refractivity contribution in [3.63, 3.8) is 0 Å². The highest BCUT2D eigenvalue weighted by atomic mass is 35.5. The Balaban J connectivity index is 1.54. The number of piperazine rings is 1. The van der Waals surface area contributed by atoms with Gasteiger partial charge < -0.3 is 15.1 Å². The Kier molecular flexibility index (Phi) is 6.16. The summed E-state index contributed by atoms with van der Waals surface area (Å²) in [5.74, 6) is -0.0839. The van der Waals surface area contributed by atoms with Gasteiger partial charge in [0.15, 0.2) is 6.54 Å². The summed E-state index contributed by atoms with van der Waals surface area (Å²) in [6.07, 6.45) is 0. The monoisotopic (exact) mass is 403 g/mol. The van der Waals surface area contributed by atoms with Gasteiger partial charge in [-0.3, -0.25) is 14.9 Å². The normalized spacial score (nSPS) is 14.8. The summed E-state index contributed by atoms with van der Waals surface area (Å²) in [6, 6.07) is 10.4. The summed E-state index contributed by atoms with van der Waals surface area (Å²) in [7, 11) is 0. The van der Waals surface area contributed by atoms with Crippen LogP contribution in [0.15, 0.2) is 36.4 Å². The molecule has 0 bridgehead atoms. The topological polar surface area (TPSA) is 79.9 Å². The molecule has 0 spiro atoms. The summed E-state index contributed by atoms with van der Waals surface area (Å²) in [6.45, 7) is 7.64. The van der Waals surface area contributed by atoms with Gasteiger partial charge in [0.1, 0.15) is 0 Å². The van der Waals surface area contributed by atoms with Gasteiger partial charge in [0, 0.05) is 28.5 Å². The number of non-ortho nitro benzene ring substituents is 1. The van der Waals surface area contributed by atoms with Crippen LogP contribution in [0.5, 0.6) is 0 Å². The number of amides is 1. The number of carbonyl (C=O) groups excluding carboxylic acids is 1. The fourth-order valence-corrected chi connectivity index (χ4v) is 3.65. The van der Waals surface area contributed by atoms with E-state index in [2.05, 4.69) is 17.1 Å². The highest BCUT2D eigenvalue weighted by Crippen LogP contribution is 2.24. The van der Waals surface area contributed by atoms with Crippen molar-refractivity contribution in [1.29, 1.82) is 0 Å². The number of carbonyl (C=O) groups is 1. The molecule has 0 unspecified atom stereocenters. The molecule has 0 aromatic heterocycles. The Morgan fingerprint density at radius 2 is 1.89 bits per heavy atom. The molecule has 0 atom stereocenters. The number of hydrogen-bond donors (Lipinski definition) is 2. The number of anilines is 2. The number of hydrogen-bond acceptors (Lipinski definition) is 4. The van der Waals surface area contributed by atoms with Crippen molar-refractivity contribution in [3.05, 3.63) is 62.7 Å². The average molecular weight is 404 g/mol.